The summed E-state index contributed by atoms with van der Waals surface area (Å²) in [5.74, 6) is 0. The molecule has 2 aromatic rings. The van der Waals surface area contributed by atoms with Gasteiger partial charge in [-0.2, -0.15) is 0 Å². The highest BCUT2D eigenvalue weighted by atomic mass is 127. The minimum Gasteiger partial charge on any atom is -0.385 e. The Labute approximate surface area is 130 Å². The minimum atomic E-state index is 1.01. The molecule has 1 nitrogen and oxygen atoms in total. The van der Waals surface area contributed by atoms with Gasteiger partial charge in [0.1, 0.15) is 0 Å². The molecule has 0 aliphatic heterocycles. The number of halogens is 2. The van der Waals surface area contributed by atoms with Crippen molar-refractivity contribution in [2.45, 2.75) is 12.8 Å². The molecule has 3 heteroatoms. The van der Waals surface area contributed by atoms with Gasteiger partial charge in [-0.25, -0.2) is 0 Å². The molecule has 0 saturated heterocycles. The summed E-state index contributed by atoms with van der Waals surface area (Å²) >= 11 is 5.84. The van der Waals surface area contributed by atoms with Crippen LogP contribution >= 0.6 is 38.5 Å². The maximum Gasteiger partial charge on any atom is 0.0351 e. The Morgan fingerprint density at radius 3 is 2.56 bits per heavy atom. The van der Waals surface area contributed by atoms with Crippen LogP contribution in [0.15, 0.2) is 53.0 Å². The van der Waals surface area contributed by atoms with Crippen LogP contribution in [0.2, 0.25) is 0 Å². The molecule has 0 bridgehead atoms. The predicted molar refractivity (Wildman–Crippen MR) is 90.1 cm³/mol. The van der Waals surface area contributed by atoms with E-state index in [9.17, 15) is 0 Å². The Kier molecular flexibility index (Phi) is 5.50. The van der Waals surface area contributed by atoms with E-state index in [-0.39, 0.29) is 0 Å². The molecule has 0 aromatic heterocycles. The molecule has 0 heterocycles. The molecule has 0 spiro atoms. The van der Waals surface area contributed by atoms with Crippen molar-refractivity contribution in [1.82, 2.24) is 0 Å². The van der Waals surface area contributed by atoms with Gasteiger partial charge >= 0.3 is 0 Å². The van der Waals surface area contributed by atoms with Crippen molar-refractivity contribution in [2.24, 2.45) is 0 Å². The number of nitrogens with one attached hydrogen (secondary N) is 1. The van der Waals surface area contributed by atoms with Crippen LogP contribution in [0.3, 0.4) is 0 Å². The van der Waals surface area contributed by atoms with E-state index < -0.39 is 0 Å². The Hall–Kier alpha value is -0.550. The zero-order valence-corrected chi connectivity index (χ0v) is 13.7. The van der Waals surface area contributed by atoms with E-state index in [2.05, 4.69) is 92.4 Å². The van der Waals surface area contributed by atoms with Crippen molar-refractivity contribution in [1.29, 1.82) is 0 Å². The first kappa shape index (κ1) is 13.9. The minimum absolute atomic E-state index is 1.01. The Bertz CT molecular complexity index is 499. The zero-order valence-electron chi connectivity index (χ0n) is 10.00. The molecule has 1 N–H and O–H groups in total. The molecule has 0 atom stereocenters. The zero-order chi connectivity index (χ0) is 12.8. The van der Waals surface area contributed by atoms with Crippen LogP contribution in [0.4, 0.5) is 5.69 Å². The van der Waals surface area contributed by atoms with Crippen molar-refractivity contribution in [2.75, 3.05) is 11.9 Å². The third-order valence-electron chi connectivity index (χ3n) is 2.73. The maximum absolute atomic E-state index is 3.51. The topological polar surface area (TPSA) is 12.0 Å². The van der Waals surface area contributed by atoms with Crippen LogP contribution in [0.5, 0.6) is 0 Å². The lowest BCUT2D eigenvalue weighted by Crippen LogP contribution is -2.03. The van der Waals surface area contributed by atoms with Gasteiger partial charge in [0.05, 0.1) is 0 Å². The summed E-state index contributed by atoms with van der Waals surface area (Å²) in [6.07, 6.45) is 2.28. The third-order valence-corrected chi connectivity index (χ3v) is 5.06. The molecule has 0 aliphatic carbocycles. The smallest absolute Gasteiger partial charge is 0.0351 e. The molecule has 0 aliphatic rings. The van der Waals surface area contributed by atoms with Gasteiger partial charge < -0.3 is 5.32 Å². The van der Waals surface area contributed by atoms with Crippen LogP contribution in [-0.4, -0.2) is 6.54 Å². The number of aryl methyl sites for hydroxylation is 1. The number of benzene rings is 2. The summed E-state index contributed by atoms with van der Waals surface area (Å²) in [6, 6.07) is 17.0. The Morgan fingerprint density at radius 2 is 1.83 bits per heavy atom. The quantitative estimate of drug-likeness (QED) is 0.529. The van der Waals surface area contributed by atoms with Crippen molar-refractivity contribution < 1.29 is 0 Å². The Morgan fingerprint density at radius 1 is 1.06 bits per heavy atom. The van der Waals surface area contributed by atoms with Crippen LogP contribution in [0, 0.1) is 3.57 Å². The molecule has 0 unspecified atom stereocenters. The molecular weight excluding hydrogens is 401 g/mol. The highest BCUT2D eigenvalue weighted by Crippen LogP contribution is 2.22. The summed E-state index contributed by atoms with van der Waals surface area (Å²) in [7, 11) is 0. The molecule has 0 saturated carbocycles. The van der Waals surface area contributed by atoms with Gasteiger partial charge in [-0.15, -0.1) is 0 Å². The summed E-state index contributed by atoms with van der Waals surface area (Å²) in [4.78, 5) is 0. The first-order chi connectivity index (χ1) is 8.75. The van der Waals surface area contributed by atoms with Crippen molar-refractivity contribution in [3.63, 3.8) is 0 Å². The summed E-state index contributed by atoms with van der Waals surface area (Å²) in [5, 5.41) is 3.46. The fourth-order valence-electron chi connectivity index (χ4n) is 1.78. The molecule has 18 heavy (non-hydrogen) atoms. The SMILES string of the molecule is Brc1ccc(NCCCc2ccccc2)cc1I. The normalized spacial score (nSPS) is 10.3. The standard InChI is InChI=1S/C15H15BrIN/c16-14-9-8-13(11-15(14)17)18-10-4-7-12-5-2-1-3-6-12/h1-3,5-6,8-9,11,18H,4,7,10H2. The highest BCUT2D eigenvalue weighted by Gasteiger charge is 1.98. The molecule has 94 valence electrons. The van der Waals surface area contributed by atoms with Crippen LogP contribution in [0.25, 0.3) is 0 Å². The lowest BCUT2D eigenvalue weighted by atomic mass is 10.1. The van der Waals surface area contributed by atoms with Crippen LogP contribution in [-0.2, 0) is 6.42 Å². The third kappa shape index (κ3) is 4.28. The summed E-state index contributed by atoms with van der Waals surface area (Å²) < 4.78 is 2.39. The fraction of sp³-hybridized carbons (Fsp3) is 0.200. The first-order valence-electron chi connectivity index (χ1n) is 5.98. The fourth-order valence-corrected chi connectivity index (χ4v) is 2.54. The van der Waals surface area contributed by atoms with E-state index in [4.69, 9.17) is 0 Å². The number of hydrogen-bond donors (Lipinski definition) is 1. The van der Waals surface area contributed by atoms with Gasteiger partial charge in [0.15, 0.2) is 0 Å². The molecule has 0 amide bonds. The van der Waals surface area contributed by atoms with Crippen molar-refractivity contribution in [3.8, 4) is 0 Å². The number of hydrogen-bond acceptors (Lipinski definition) is 1. The van der Waals surface area contributed by atoms with E-state index in [0.717, 1.165) is 23.9 Å². The van der Waals surface area contributed by atoms with Crippen LogP contribution < -0.4 is 5.32 Å². The van der Waals surface area contributed by atoms with Gasteiger partial charge in [0.2, 0.25) is 0 Å². The van der Waals surface area contributed by atoms with E-state index in [1.54, 1.807) is 0 Å². The Balaban J connectivity index is 1.77. The molecule has 0 fully saturated rings. The van der Waals surface area contributed by atoms with Gasteiger partial charge in [-0.1, -0.05) is 30.3 Å². The van der Waals surface area contributed by atoms with Gasteiger partial charge in [-0.05, 0) is 75.1 Å². The molecular formula is C15H15BrIN. The predicted octanol–water partition coefficient (Wildman–Crippen LogP) is 5.10. The van der Waals surface area contributed by atoms with Gasteiger partial charge in [0, 0.05) is 20.3 Å². The molecule has 2 rings (SSSR count). The van der Waals surface area contributed by atoms with Crippen molar-refractivity contribution in [3.05, 3.63) is 62.1 Å². The molecule has 2 aromatic carbocycles. The van der Waals surface area contributed by atoms with Gasteiger partial charge in [-0.3, -0.25) is 0 Å². The summed E-state index contributed by atoms with van der Waals surface area (Å²) in [6.45, 7) is 1.01. The average Bonchev–Trinajstić information content (AvgIpc) is 2.40. The van der Waals surface area contributed by atoms with E-state index in [1.807, 2.05) is 0 Å². The number of rotatable bonds is 5. The highest BCUT2D eigenvalue weighted by molar-refractivity contribution is 14.1. The summed E-state index contributed by atoms with van der Waals surface area (Å²) in [5.41, 5.74) is 2.60. The van der Waals surface area contributed by atoms with Crippen molar-refractivity contribution >= 4 is 44.2 Å². The second-order valence-corrected chi connectivity index (χ2v) is 6.16. The number of anilines is 1. The maximum atomic E-state index is 3.51. The lowest BCUT2D eigenvalue weighted by molar-refractivity contribution is 0.863. The largest absolute Gasteiger partial charge is 0.385 e. The van der Waals surface area contributed by atoms with E-state index >= 15 is 0 Å². The average molecular weight is 416 g/mol. The van der Waals surface area contributed by atoms with E-state index in [1.165, 1.54) is 14.8 Å². The van der Waals surface area contributed by atoms with Crippen LogP contribution in [0.1, 0.15) is 12.0 Å². The second-order valence-electron chi connectivity index (χ2n) is 4.14. The first-order valence-corrected chi connectivity index (χ1v) is 7.86. The van der Waals surface area contributed by atoms with Gasteiger partial charge in [0.25, 0.3) is 0 Å². The lowest BCUT2D eigenvalue weighted by Gasteiger charge is -2.07. The molecule has 0 radical (unpaired) electrons. The second kappa shape index (κ2) is 7.14. The monoisotopic (exact) mass is 415 g/mol. The van der Waals surface area contributed by atoms with E-state index in [0.29, 0.717) is 0 Å².